The second-order valence-electron chi connectivity index (χ2n) is 6.42. The first kappa shape index (κ1) is 19.1. The Morgan fingerprint density at radius 3 is 2.56 bits per heavy atom. The molecule has 2 aromatic heterocycles. The number of carbonyl (C=O) groups is 1. The fourth-order valence-electron chi connectivity index (χ4n) is 2.95. The van der Waals surface area contributed by atoms with E-state index in [1.54, 1.807) is 22.2 Å². The van der Waals surface area contributed by atoms with Gasteiger partial charge < -0.3 is 9.80 Å². The smallest absolute Gasteiger partial charge is 0.339 e. The first-order valence-corrected chi connectivity index (χ1v) is 8.67. The van der Waals surface area contributed by atoms with Crippen LogP contribution in [0, 0.1) is 6.92 Å². The zero-order valence-electron chi connectivity index (χ0n) is 14.9. The Hall–Kier alpha value is -2.71. The van der Waals surface area contributed by atoms with Crippen LogP contribution in [-0.2, 0) is 17.4 Å². The quantitative estimate of drug-likeness (QED) is 0.817. The Morgan fingerprint density at radius 2 is 1.93 bits per heavy atom. The van der Waals surface area contributed by atoms with Crippen molar-refractivity contribution >= 4 is 11.9 Å². The SMILES string of the molecule is Cc1cc(C(F)(F)F)nc(N2CCN(C(=O)CCc3cccnc3)CC2)n1. The van der Waals surface area contributed by atoms with Crippen molar-refractivity contribution in [3.8, 4) is 0 Å². The minimum Gasteiger partial charge on any atom is -0.339 e. The highest BCUT2D eigenvalue weighted by Crippen LogP contribution is 2.29. The molecule has 1 fully saturated rings. The highest BCUT2D eigenvalue weighted by Gasteiger charge is 2.34. The first-order chi connectivity index (χ1) is 12.8. The number of halogens is 3. The van der Waals surface area contributed by atoms with Crippen LogP contribution in [0.5, 0.6) is 0 Å². The highest BCUT2D eigenvalue weighted by atomic mass is 19.4. The van der Waals surface area contributed by atoms with E-state index < -0.39 is 11.9 Å². The maximum atomic E-state index is 12.9. The largest absolute Gasteiger partial charge is 0.433 e. The number of hydrogen-bond donors (Lipinski definition) is 0. The Bertz CT molecular complexity index is 789. The second-order valence-corrected chi connectivity index (χ2v) is 6.42. The van der Waals surface area contributed by atoms with Gasteiger partial charge in [0.25, 0.3) is 0 Å². The second kappa shape index (κ2) is 7.89. The molecule has 6 nitrogen and oxygen atoms in total. The topological polar surface area (TPSA) is 62.2 Å². The number of hydrogen-bond acceptors (Lipinski definition) is 5. The lowest BCUT2D eigenvalue weighted by Gasteiger charge is -2.35. The Labute approximate surface area is 155 Å². The fraction of sp³-hybridized carbons (Fsp3) is 0.444. The van der Waals surface area contributed by atoms with Gasteiger partial charge in [0.2, 0.25) is 11.9 Å². The van der Waals surface area contributed by atoms with E-state index in [1.165, 1.54) is 6.92 Å². The van der Waals surface area contributed by atoms with E-state index in [2.05, 4.69) is 15.0 Å². The molecule has 27 heavy (non-hydrogen) atoms. The lowest BCUT2D eigenvalue weighted by Crippen LogP contribution is -2.49. The number of carbonyl (C=O) groups excluding carboxylic acids is 1. The molecule has 0 atom stereocenters. The molecule has 1 aliphatic heterocycles. The van der Waals surface area contributed by atoms with Crippen molar-refractivity contribution in [3.05, 3.63) is 47.5 Å². The monoisotopic (exact) mass is 379 g/mol. The number of rotatable bonds is 4. The molecule has 3 heterocycles. The molecule has 1 saturated heterocycles. The van der Waals surface area contributed by atoms with Crippen LogP contribution in [0.3, 0.4) is 0 Å². The van der Waals surface area contributed by atoms with Gasteiger partial charge in [-0.2, -0.15) is 13.2 Å². The Morgan fingerprint density at radius 1 is 1.19 bits per heavy atom. The number of nitrogens with zero attached hydrogens (tertiary/aromatic N) is 5. The maximum absolute atomic E-state index is 12.9. The number of aromatic nitrogens is 3. The fourth-order valence-corrected chi connectivity index (χ4v) is 2.95. The van der Waals surface area contributed by atoms with Gasteiger partial charge in [0.15, 0.2) is 0 Å². The van der Waals surface area contributed by atoms with Crippen LogP contribution in [-0.4, -0.2) is 51.9 Å². The molecular formula is C18H20F3N5O. The standard InChI is InChI=1S/C18H20F3N5O/c1-13-11-15(18(19,20)21)24-17(23-13)26-9-7-25(8-10-26)16(27)5-4-14-3-2-6-22-12-14/h2-3,6,11-12H,4-5,7-10H2,1H3. The van der Waals surface area contributed by atoms with E-state index in [9.17, 15) is 18.0 Å². The van der Waals surface area contributed by atoms with Crippen molar-refractivity contribution in [2.45, 2.75) is 25.9 Å². The molecule has 0 unspecified atom stereocenters. The molecule has 0 spiro atoms. The summed E-state index contributed by atoms with van der Waals surface area (Å²) in [7, 11) is 0. The molecule has 0 bridgehead atoms. The van der Waals surface area contributed by atoms with Gasteiger partial charge >= 0.3 is 6.18 Å². The Kier molecular flexibility index (Phi) is 5.57. The molecule has 2 aromatic rings. The molecule has 0 N–H and O–H groups in total. The average Bonchev–Trinajstić information content (AvgIpc) is 2.66. The van der Waals surface area contributed by atoms with Gasteiger partial charge in [-0.1, -0.05) is 6.07 Å². The maximum Gasteiger partial charge on any atom is 0.433 e. The third kappa shape index (κ3) is 4.93. The summed E-state index contributed by atoms with van der Waals surface area (Å²) in [6.45, 7) is 3.19. The third-order valence-corrected chi connectivity index (χ3v) is 4.40. The van der Waals surface area contributed by atoms with E-state index in [0.717, 1.165) is 11.6 Å². The van der Waals surface area contributed by atoms with Crippen LogP contribution in [0.15, 0.2) is 30.6 Å². The van der Waals surface area contributed by atoms with Crippen molar-refractivity contribution in [2.24, 2.45) is 0 Å². The first-order valence-electron chi connectivity index (χ1n) is 8.67. The number of alkyl halides is 3. The van der Waals surface area contributed by atoms with Gasteiger partial charge in [-0.3, -0.25) is 9.78 Å². The summed E-state index contributed by atoms with van der Waals surface area (Å²) in [4.78, 5) is 27.6. The zero-order chi connectivity index (χ0) is 19.4. The molecule has 0 saturated carbocycles. The summed E-state index contributed by atoms with van der Waals surface area (Å²) >= 11 is 0. The van der Waals surface area contributed by atoms with Crippen molar-refractivity contribution in [2.75, 3.05) is 31.1 Å². The predicted octanol–water partition coefficient (Wildman–Crippen LogP) is 2.48. The molecular weight excluding hydrogens is 359 g/mol. The van der Waals surface area contributed by atoms with E-state index in [1.807, 2.05) is 12.1 Å². The van der Waals surface area contributed by atoms with Gasteiger partial charge in [0.1, 0.15) is 5.69 Å². The summed E-state index contributed by atoms with van der Waals surface area (Å²) in [6, 6.07) is 4.68. The van der Waals surface area contributed by atoms with Crippen LogP contribution in [0.25, 0.3) is 0 Å². The van der Waals surface area contributed by atoms with Crippen molar-refractivity contribution in [3.63, 3.8) is 0 Å². The summed E-state index contributed by atoms with van der Waals surface area (Å²) in [5, 5.41) is 0. The van der Waals surface area contributed by atoms with Crippen molar-refractivity contribution in [1.29, 1.82) is 0 Å². The molecule has 1 amide bonds. The van der Waals surface area contributed by atoms with Gasteiger partial charge in [0, 0.05) is 50.7 Å². The highest BCUT2D eigenvalue weighted by molar-refractivity contribution is 5.76. The molecule has 9 heteroatoms. The van der Waals surface area contributed by atoms with Gasteiger partial charge in [-0.15, -0.1) is 0 Å². The summed E-state index contributed by atoms with van der Waals surface area (Å²) in [6.07, 6.45) is -0.0964. The van der Waals surface area contributed by atoms with Crippen LogP contribution in [0.2, 0.25) is 0 Å². The van der Waals surface area contributed by atoms with Gasteiger partial charge in [0.05, 0.1) is 0 Å². The summed E-state index contributed by atoms with van der Waals surface area (Å²) < 4.78 is 38.8. The molecule has 1 aliphatic rings. The van der Waals surface area contributed by atoms with E-state index in [-0.39, 0.29) is 17.5 Å². The number of amides is 1. The van der Waals surface area contributed by atoms with Crippen LogP contribution < -0.4 is 4.90 Å². The summed E-state index contributed by atoms with van der Waals surface area (Å²) in [5.41, 5.74) is 0.319. The van der Waals surface area contributed by atoms with Gasteiger partial charge in [-0.05, 0) is 31.0 Å². The molecule has 144 valence electrons. The van der Waals surface area contributed by atoms with Crippen LogP contribution in [0.1, 0.15) is 23.4 Å². The third-order valence-electron chi connectivity index (χ3n) is 4.40. The van der Waals surface area contributed by atoms with E-state index in [4.69, 9.17) is 0 Å². The zero-order valence-corrected chi connectivity index (χ0v) is 14.9. The van der Waals surface area contributed by atoms with E-state index >= 15 is 0 Å². The minimum atomic E-state index is -4.51. The van der Waals surface area contributed by atoms with Crippen LogP contribution in [0.4, 0.5) is 19.1 Å². The minimum absolute atomic E-state index is 0.0274. The molecule has 0 radical (unpaired) electrons. The van der Waals surface area contributed by atoms with Crippen molar-refractivity contribution < 1.29 is 18.0 Å². The predicted molar refractivity (Wildman–Crippen MR) is 93.1 cm³/mol. The number of piperazine rings is 1. The Balaban J connectivity index is 1.57. The van der Waals surface area contributed by atoms with Crippen LogP contribution >= 0.6 is 0 Å². The van der Waals surface area contributed by atoms with E-state index in [0.29, 0.717) is 39.0 Å². The number of aryl methyl sites for hydroxylation is 2. The lowest BCUT2D eigenvalue weighted by atomic mass is 10.1. The normalized spacial score (nSPS) is 15.1. The number of anilines is 1. The van der Waals surface area contributed by atoms with Gasteiger partial charge in [-0.25, -0.2) is 9.97 Å². The number of pyridine rings is 1. The molecule has 3 rings (SSSR count). The average molecular weight is 379 g/mol. The van der Waals surface area contributed by atoms with Crippen molar-refractivity contribution in [1.82, 2.24) is 19.9 Å². The lowest BCUT2D eigenvalue weighted by molar-refractivity contribution is -0.141. The molecule has 0 aliphatic carbocycles. The molecule has 0 aromatic carbocycles. The summed E-state index contributed by atoms with van der Waals surface area (Å²) in [5.74, 6) is 0.0874.